The van der Waals surface area contributed by atoms with Crippen LogP contribution in [0, 0.1) is 0 Å². The molecule has 0 saturated carbocycles. The maximum absolute atomic E-state index is 10.7. The fraction of sp³-hybridized carbons (Fsp3) is 0.900. The van der Waals surface area contributed by atoms with Gasteiger partial charge in [-0.2, -0.15) is 0 Å². The summed E-state index contributed by atoms with van der Waals surface area (Å²) in [5, 5.41) is 22.0. The summed E-state index contributed by atoms with van der Waals surface area (Å²) >= 11 is 0. The SMILES string of the molecule is CCCNCC1(O)CCN(C(=O)O)CC1. The molecular weight excluding hydrogens is 196 g/mol. The largest absolute Gasteiger partial charge is 0.465 e. The third-order valence-corrected chi connectivity index (χ3v) is 2.85. The number of aliphatic hydroxyl groups is 1. The standard InChI is InChI=1S/C10H20N2O3/c1-2-5-11-8-10(15)3-6-12(7-4-10)9(13)14/h11,15H,2-8H2,1H3,(H,13,14). The quantitative estimate of drug-likeness (QED) is 0.598. The van der Waals surface area contributed by atoms with Crippen LogP contribution in [0.25, 0.3) is 0 Å². The van der Waals surface area contributed by atoms with Gasteiger partial charge in [0.1, 0.15) is 0 Å². The second kappa shape index (κ2) is 5.32. The summed E-state index contributed by atoms with van der Waals surface area (Å²) in [7, 11) is 0. The molecule has 1 amide bonds. The number of hydrogen-bond acceptors (Lipinski definition) is 3. The van der Waals surface area contributed by atoms with Crippen LogP contribution in [-0.2, 0) is 0 Å². The van der Waals surface area contributed by atoms with E-state index >= 15 is 0 Å². The monoisotopic (exact) mass is 216 g/mol. The van der Waals surface area contributed by atoms with Gasteiger partial charge in [-0.05, 0) is 25.8 Å². The van der Waals surface area contributed by atoms with Gasteiger partial charge in [0.2, 0.25) is 0 Å². The molecule has 0 unspecified atom stereocenters. The van der Waals surface area contributed by atoms with E-state index in [-0.39, 0.29) is 0 Å². The third-order valence-electron chi connectivity index (χ3n) is 2.85. The lowest BCUT2D eigenvalue weighted by atomic mass is 9.91. The molecule has 1 saturated heterocycles. The molecule has 3 N–H and O–H groups in total. The third kappa shape index (κ3) is 3.68. The van der Waals surface area contributed by atoms with Crippen molar-refractivity contribution in [3.63, 3.8) is 0 Å². The smallest absolute Gasteiger partial charge is 0.407 e. The van der Waals surface area contributed by atoms with Crippen molar-refractivity contribution in [1.29, 1.82) is 0 Å². The van der Waals surface area contributed by atoms with Crippen molar-refractivity contribution < 1.29 is 15.0 Å². The average molecular weight is 216 g/mol. The number of carbonyl (C=O) groups is 1. The highest BCUT2D eigenvalue weighted by molar-refractivity contribution is 5.65. The summed E-state index contributed by atoms with van der Waals surface area (Å²) in [5.74, 6) is 0. The van der Waals surface area contributed by atoms with Crippen molar-refractivity contribution in [2.24, 2.45) is 0 Å². The highest BCUT2D eigenvalue weighted by Gasteiger charge is 2.33. The zero-order valence-electron chi connectivity index (χ0n) is 9.20. The molecule has 1 aliphatic rings. The average Bonchev–Trinajstić information content (AvgIpc) is 2.18. The Hall–Kier alpha value is -0.810. The van der Waals surface area contributed by atoms with Gasteiger partial charge >= 0.3 is 6.09 Å². The number of rotatable bonds is 4. The molecule has 0 aliphatic carbocycles. The Balaban J connectivity index is 2.30. The van der Waals surface area contributed by atoms with Crippen LogP contribution in [0.5, 0.6) is 0 Å². The van der Waals surface area contributed by atoms with Gasteiger partial charge in [0.25, 0.3) is 0 Å². The first-order chi connectivity index (χ1) is 7.07. The van der Waals surface area contributed by atoms with Gasteiger partial charge in [-0.15, -0.1) is 0 Å². The molecular formula is C10H20N2O3. The van der Waals surface area contributed by atoms with Gasteiger partial charge in [0.15, 0.2) is 0 Å². The number of nitrogens with one attached hydrogen (secondary N) is 1. The van der Waals surface area contributed by atoms with E-state index in [0.29, 0.717) is 32.5 Å². The topological polar surface area (TPSA) is 72.8 Å². The van der Waals surface area contributed by atoms with Gasteiger partial charge < -0.3 is 20.4 Å². The molecule has 0 atom stereocenters. The first-order valence-electron chi connectivity index (χ1n) is 5.48. The van der Waals surface area contributed by atoms with Crippen LogP contribution in [0.15, 0.2) is 0 Å². The van der Waals surface area contributed by atoms with E-state index in [0.717, 1.165) is 13.0 Å². The van der Waals surface area contributed by atoms with E-state index in [4.69, 9.17) is 5.11 Å². The summed E-state index contributed by atoms with van der Waals surface area (Å²) < 4.78 is 0. The Morgan fingerprint density at radius 1 is 1.47 bits per heavy atom. The van der Waals surface area contributed by atoms with Crippen LogP contribution in [0.1, 0.15) is 26.2 Å². The zero-order chi connectivity index (χ0) is 11.3. The van der Waals surface area contributed by atoms with Crippen molar-refractivity contribution >= 4 is 6.09 Å². The maximum Gasteiger partial charge on any atom is 0.407 e. The Bertz CT molecular complexity index is 213. The Kier molecular flexibility index (Phi) is 4.35. The molecule has 0 bridgehead atoms. The fourth-order valence-corrected chi connectivity index (χ4v) is 1.79. The van der Waals surface area contributed by atoms with Crippen molar-refractivity contribution in [3.8, 4) is 0 Å². The van der Waals surface area contributed by atoms with Crippen LogP contribution in [0.3, 0.4) is 0 Å². The predicted molar refractivity (Wildman–Crippen MR) is 56.9 cm³/mol. The van der Waals surface area contributed by atoms with Crippen molar-refractivity contribution in [2.75, 3.05) is 26.2 Å². The molecule has 15 heavy (non-hydrogen) atoms. The van der Waals surface area contributed by atoms with Crippen molar-refractivity contribution in [2.45, 2.75) is 31.8 Å². The van der Waals surface area contributed by atoms with Crippen LogP contribution in [0.2, 0.25) is 0 Å². The van der Waals surface area contributed by atoms with Crippen LogP contribution in [0.4, 0.5) is 4.79 Å². The molecule has 0 aromatic carbocycles. The van der Waals surface area contributed by atoms with Gasteiger partial charge in [-0.3, -0.25) is 0 Å². The number of amides is 1. The summed E-state index contributed by atoms with van der Waals surface area (Å²) in [6.07, 6.45) is 1.20. The van der Waals surface area contributed by atoms with Crippen LogP contribution >= 0.6 is 0 Å². The zero-order valence-corrected chi connectivity index (χ0v) is 9.20. The van der Waals surface area contributed by atoms with E-state index in [2.05, 4.69) is 12.2 Å². The number of carboxylic acid groups (broad SMARTS) is 1. The normalized spacial score (nSPS) is 20.3. The Morgan fingerprint density at radius 3 is 2.53 bits per heavy atom. The van der Waals surface area contributed by atoms with Gasteiger partial charge in [0.05, 0.1) is 5.60 Å². The summed E-state index contributed by atoms with van der Waals surface area (Å²) in [6.45, 7) is 4.39. The number of likely N-dealkylation sites (tertiary alicyclic amines) is 1. The minimum absolute atomic E-state index is 0.430. The molecule has 0 radical (unpaired) electrons. The first kappa shape index (κ1) is 12.3. The molecule has 1 fully saturated rings. The molecule has 5 nitrogen and oxygen atoms in total. The highest BCUT2D eigenvalue weighted by Crippen LogP contribution is 2.21. The van der Waals surface area contributed by atoms with E-state index in [9.17, 15) is 9.90 Å². The van der Waals surface area contributed by atoms with E-state index < -0.39 is 11.7 Å². The van der Waals surface area contributed by atoms with Gasteiger partial charge in [-0.25, -0.2) is 4.79 Å². The maximum atomic E-state index is 10.7. The van der Waals surface area contributed by atoms with Crippen molar-refractivity contribution in [3.05, 3.63) is 0 Å². The minimum atomic E-state index is -0.890. The Labute approximate surface area is 90.1 Å². The van der Waals surface area contributed by atoms with Crippen LogP contribution in [-0.4, -0.2) is 53.0 Å². The molecule has 1 rings (SSSR count). The molecule has 88 valence electrons. The van der Waals surface area contributed by atoms with E-state index in [1.54, 1.807) is 0 Å². The highest BCUT2D eigenvalue weighted by atomic mass is 16.4. The van der Waals surface area contributed by atoms with E-state index in [1.165, 1.54) is 4.90 Å². The minimum Gasteiger partial charge on any atom is -0.465 e. The Morgan fingerprint density at radius 2 is 2.07 bits per heavy atom. The van der Waals surface area contributed by atoms with Crippen molar-refractivity contribution in [1.82, 2.24) is 10.2 Å². The lowest BCUT2D eigenvalue weighted by Crippen LogP contribution is -2.51. The molecule has 0 aromatic heterocycles. The summed E-state index contributed by atoms with van der Waals surface area (Å²) in [6, 6.07) is 0. The second-order valence-corrected chi connectivity index (χ2v) is 4.17. The molecule has 0 aromatic rings. The molecule has 5 heteroatoms. The summed E-state index contributed by atoms with van der Waals surface area (Å²) in [4.78, 5) is 12.0. The fourth-order valence-electron chi connectivity index (χ4n) is 1.79. The first-order valence-corrected chi connectivity index (χ1v) is 5.48. The predicted octanol–water partition coefficient (Wildman–Crippen LogP) is 0.491. The number of piperidine rings is 1. The van der Waals surface area contributed by atoms with Crippen LogP contribution < -0.4 is 5.32 Å². The van der Waals surface area contributed by atoms with Gasteiger partial charge in [-0.1, -0.05) is 6.92 Å². The second-order valence-electron chi connectivity index (χ2n) is 4.17. The number of nitrogens with zero attached hydrogens (tertiary/aromatic N) is 1. The molecule has 0 spiro atoms. The summed E-state index contributed by atoms with van der Waals surface area (Å²) in [5.41, 5.74) is -0.721. The number of hydrogen-bond donors (Lipinski definition) is 3. The lowest BCUT2D eigenvalue weighted by Gasteiger charge is -2.37. The molecule has 1 heterocycles. The van der Waals surface area contributed by atoms with E-state index in [1.807, 2.05) is 0 Å². The molecule has 1 aliphatic heterocycles. The lowest BCUT2D eigenvalue weighted by molar-refractivity contribution is -0.0154. The van der Waals surface area contributed by atoms with Gasteiger partial charge in [0, 0.05) is 19.6 Å².